The third-order valence-electron chi connectivity index (χ3n) is 3.40. The maximum absolute atomic E-state index is 13.9. The molecule has 1 atom stereocenters. The molecule has 0 aliphatic rings. The molecule has 1 unspecified atom stereocenters. The lowest BCUT2D eigenvalue weighted by atomic mass is 9.99. The number of rotatable bonds is 9. The van der Waals surface area contributed by atoms with Crippen molar-refractivity contribution in [2.45, 2.75) is 58.4 Å². The number of hydrogen-bond acceptors (Lipinski definition) is 1. The minimum atomic E-state index is -0.263. The molecule has 0 saturated heterocycles. The molecule has 0 heterocycles. The summed E-state index contributed by atoms with van der Waals surface area (Å²) >= 11 is 5.82. The molecular weight excluding hydrogens is 261 g/mol. The lowest BCUT2D eigenvalue weighted by molar-refractivity contribution is 0.455. The highest BCUT2D eigenvalue weighted by Gasteiger charge is 2.12. The highest BCUT2D eigenvalue weighted by atomic mass is 35.5. The fourth-order valence-corrected chi connectivity index (χ4v) is 2.55. The molecule has 0 aromatic heterocycles. The van der Waals surface area contributed by atoms with Crippen LogP contribution in [0.5, 0.6) is 0 Å². The van der Waals surface area contributed by atoms with E-state index >= 15 is 0 Å². The van der Waals surface area contributed by atoms with E-state index in [-0.39, 0.29) is 10.8 Å². The van der Waals surface area contributed by atoms with Gasteiger partial charge in [-0.2, -0.15) is 0 Å². The van der Waals surface area contributed by atoms with Crippen molar-refractivity contribution in [1.82, 2.24) is 5.32 Å². The van der Waals surface area contributed by atoms with Crippen LogP contribution in [0.4, 0.5) is 4.39 Å². The second-order valence-electron chi connectivity index (χ2n) is 5.02. The summed E-state index contributed by atoms with van der Waals surface area (Å²) < 4.78 is 13.9. The van der Waals surface area contributed by atoms with Crippen molar-refractivity contribution in [3.05, 3.63) is 34.6 Å². The van der Waals surface area contributed by atoms with Crippen molar-refractivity contribution in [3.8, 4) is 0 Å². The molecule has 1 nitrogen and oxygen atoms in total. The first-order valence-electron chi connectivity index (χ1n) is 7.35. The smallest absolute Gasteiger partial charge is 0.145 e. The first-order valence-corrected chi connectivity index (χ1v) is 7.73. The molecule has 1 rings (SSSR count). The van der Waals surface area contributed by atoms with Crippen molar-refractivity contribution in [3.63, 3.8) is 0 Å². The number of halogens is 2. The Hall–Kier alpha value is -0.600. The Balaban J connectivity index is 2.54. The lowest BCUT2D eigenvalue weighted by Gasteiger charge is -2.18. The van der Waals surface area contributed by atoms with Crippen LogP contribution in [0.2, 0.25) is 5.02 Å². The normalized spacial score (nSPS) is 12.6. The summed E-state index contributed by atoms with van der Waals surface area (Å²) in [5.41, 5.74) is 0.717. The van der Waals surface area contributed by atoms with Crippen molar-refractivity contribution in [1.29, 1.82) is 0 Å². The van der Waals surface area contributed by atoms with Gasteiger partial charge in [-0.1, -0.05) is 63.3 Å². The second kappa shape index (κ2) is 9.33. The Morgan fingerprint density at radius 3 is 2.68 bits per heavy atom. The maximum Gasteiger partial charge on any atom is 0.145 e. The predicted molar refractivity (Wildman–Crippen MR) is 81.3 cm³/mol. The molecule has 0 aliphatic carbocycles. The molecule has 108 valence electrons. The summed E-state index contributed by atoms with van der Waals surface area (Å²) in [6.07, 6.45) is 6.80. The zero-order valence-electron chi connectivity index (χ0n) is 12.0. The van der Waals surface area contributed by atoms with Gasteiger partial charge in [0.1, 0.15) is 5.82 Å². The fraction of sp³-hybridized carbons (Fsp3) is 0.625. The highest BCUT2D eigenvalue weighted by Crippen LogP contribution is 2.20. The van der Waals surface area contributed by atoms with Crippen LogP contribution in [-0.2, 0) is 6.42 Å². The number of hydrogen-bond donors (Lipinski definition) is 1. The summed E-state index contributed by atoms with van der Waals surface area (Å²) in [4.78, 5) is 0. The summed E-state index contributed by atoms with van der Waals surface area (Å²) in [6, 6.07) is 5.59. The molecule has 0 radical (unpaired) electrons. The molecule has 0 amide bonds. The lowest BCUT2D eigenvalue weighted by Crippen LogP contribution is -2.31. The zero-order chi connectivity index (χ0) is 14.1. The topological polar surface area (TPSA) is 12.0 Å². The van der Waals surface area contributed by atoms with Gasteiger partial charge >= 0.3 is 0 Å². The number of benzene rings is 1. The van der Waals surface area contributed by atoms with Gasteiger partial charge in [-0.3, -0.25) is 0 Å². The minimum Gasteiger partial charge on any atom is -0.314 e. The summed E-state index contributed by atoms with van der Waals surface area (Å²) in [6.45, 7) is 5.22. The maximum atomic E-state index is 13.9. The number of likely N-dealkylation sites (N-methyl/N-ethyl adjacent to an activating group) is 1. The minimum absolute atomic E-state index is 0.221. The van der Waals surface area contributed by atoms with Crippen molar-refractivity contribution in [2.24, 2.45) is 0 Å². The average molecular weight is 286 g/mol. The van der Waals surface area contributed by atoms with Gasteiger partial charge in [0, 0.05) is 6.04 Å². The van der Waals surface area contributed by atoms with Crippen LogP contribution in [0.3, 0.4) is 0 Å². The molecule has 19 heavy (non-hydrogen) atoms. The predicted octanol–water partition coefficient (Wildman–Crippen LogP) is 4.97. The molecular formula is C16H25ClFN. The average Bonchev–Trinajstić information content (AvgIpc) is 2.40. The molecule has 0 bridgehead atoms. The van der Waals surface area contributed by atoms with Gasteiger partial charge in [-0.25, -0.2) is 4.39 Å². The molecule has 0 aliphatic heterocycles. The molecule has 3 heteroatoms. The van der Waals surface area contributed by atoms with Crippen LogP contribution < -0.4 is 5.32 Å². The summed E-state index contributed by atoms with van der Waals surface area (Å²) in [5, 5.41) is 3.67. The van der Waals surface area contributed by atoms with Crippen LogP contribution in [0.1, 0.15) is 51.5 Å². The third kappa shape index (κ3) is 5.92. The monoisotopic (exact) mass is 285 g/mol. The van der Waals surface area contributed by atoms with Gasteiger partial charge in [-0.15, -0.1) is 0 Å². The van der Waals surface area contributed by atoms with E-state index in [0.29, 0.717) is 18.0 Å². The Labute approximate surface area is 121 Å². The van der Waals surface area contributed by atoms with E-state index in [9.17, 15) is 4.39 Å². The first kappa shape index (κ1) is 16.5. The molecule has 1 N–H and O–H groups in total. The highest BCUT2D eigenvalue weighted by molar-refractivity contribution is 6.30. The Morgan fingerprint density at radius 2 is 2.00 bits per heavy atom. The molecule has 1 aromatic rings. The summed E-state index contributed by atoms with van der Waals surface area (Å²) in [5.74, 6) is -0.263. The van der Waals surface area contributed by atoms with Gasteiger partial charge in [0.25, 0.3) is 0 Å². The number of unbranched alkanes of at least 4 members (excludes halogenated alkanes) is 3. The van der Waals surface area contributed by atoms with Crippen molar-refractivity contribution >= 4 is 11.6 Å². The van der Waals surface area contributed by atoms with Gasteiger partial charge < -0.3 is 5.32 Å². The van der Waals surface area contributed by atoms with Crippen molar-refractivity contribution < 1.29 is 4.39 Å². The van der Waals surface area contributed by atoms with E-state index in [0.717, 1.165) is 13.0 Å². The van der Waals surface area contributed by atoms with E-state index in [2.05, 4.69) is 19.2 Å². The Kier molecular flexibility index (Phi) is 8.08. The van der Waals surface area contributed by atoms with E-state index < -0.39 is 0 Å². The van der Waals surface area contributed by atoms with Crippen LogP contribution in [0.25, 0.3) is 0 Å². The third-order valence-corrected chi connectivity index (χ3v) is 3.69. The van der Waals surface area contributed by atoms with Gasteiger partial charge in [0.15, 0.2) is 0 Å². The molecule has 0 saturated carbocycles. The first-order chi connectivity index (χ1) is 9.19. The zero-order valence-corrected chi connectivity index (χ0v) is 12.8. The van der Waals surface area contributed by atoms with Gasteiger partial charge in [-0.05, 0) is 31.0 Å². The number of nitrogens with one attached hydrogen (secondary N) is 1. The van der Waals surface area contributed by atoms with E-state index in [1.165, 1.54) is 25.7 Å². The van der Waals surface area contributed by atoms with Crippen LogP contribution in [0.15, 0.2) is 18.2 Å². The van der Waals surface area contributed by atoms with Crippen LogP contribution in [0, 0.1) is 5.82 Å². The van der Waals surface area contributed by atoms with Gasteiger partial charge in [0.2, 0.25) is 0 Å². The fourth-order valence-electron chi connectivity index (χ4n) is 2.35. The molecule has 0 spiro atoms. The van der Waals surface area contributed by atoms with E-state index in [1.54, 1.807) is 6.07 Å². The van der Waals surface area contributed by atoms with Crippen LogP contribution >= 0.6 is 11.6 Å². The van der Waals surface area contributed by atoms with Crippen molar-refractivity contribution in [2.75, 3.05) is 6.54 Å². The second-order valence-corrected chi connectivity index (χ2v) is 5.43. The standard InChI is InChI=1S/C16H25ClFN/c1-3-5-6-7-10-14(19-4-2)12-13-9-8-11-15(17)16(13)18/h8-9,11,14,19H,3-7,10,12H2,1-2H3. The SMILES string of the molecule is CCCCCCC(Cc1cccc(Cl)c1F)NCC. The van der Waals surface area contributed by atoms with E-state index in [1.807, 2.05) is 12.1 Å². The molecule has 1 aromatic carbocycles. The summed E-state index contributed by atoms with van der Waals surface area (Å²) in [7, 11) is 0. The quantitative estimate of drug-likeness (QED) is 0.632. The van der Waals surface area contributed by atoms with Crippen LogP contribution in [-0.4, -0.2) is 12.6 Å². The van der Waals surface area contributed by atoms with Gasteiger partial charge in [0.05, 0.1) is 5.02 Å². The van der Waals surface area contributed by atoms with E-state index in [4.69, 9.17) is 11.6 Å². The Bertz CT molecular complexity index is 368. The largest absolute Gasteiger partial charge is 0.314 e. The Morgan fingerprint density at radius 1 is 1.21 bits per heavy atom. The molecule has 0 fully saturated rings.